The lowest BCUT2D eigenvalue weighted by Gasteiger charge is -2.11. The summed E-state index contributed by atoms with van der Waals surface area (Å²) in [5.41, 5.74) is 4.58. The first-order valence-electron chi connectivity index (χ1n) is 4.57. The van der Waals surface area contributed by atoms with Gasteiger partial charge < -0.3 is 10.8 Å². The van der Waals surface area contributed by atoms with Crippen LogP contribution in [-0.2, 0) is 6.42 Å². The molecule has 0 aliphatic heterocycles. The standard InChI is InChI=1S/C10H10F3NO/c11-6-3-7(15)9(13)5(8(6)12)4-10(14)1-2-10/h3,15H,1-2,4,14H2. The first-order valence-corrected chi connectivity index (χ1v) is 4.57. The van der Waals surface area contributed by atoms with Crippen molar-refractivity contribution in [3.8, 4) is 5.75 Å². The van der Waals surface area contributed by atoms with E-state index < -0.39 is 34.3 Å². The Kier molecular flexibility index (Phi) is 2.15. The molecule has 2 rings (SSSR count). The van der Waals surface area contributed by atoms with Gasteiger partial charge in [-0.2, -0.15) is 0 Å². The first kappa shape index (κ1) is 10.3. The molecule has 82 valence electrons. The summed E-state index contributed by atoms with van der Waals surface area (Å²) >= 11 is 0. The number of rotatable bonds is 2. The fraction of sp³-hybridized carbons (Fsp3) is 0.400. The maximum atomic E-state index is 13.3. The third-order valence-electron chi connectivity index (χ3n) is 2.65. The number of benzene rings is 1. The average molecular weight is 217 g/mol. The summed E-state index contributed by atoms with van der Waals surface area (Å²) in [7, 11) is 0. The highest BCUT2D eigenvalue weighted by Crippen LogP contribution is 2.38. The van der Waals surface area contributed by atoms with Crippen LogP contribution in [0.2, 0.25) is 0 Å². The summed E-state index contributed by atoms with van der Waals surface area (Å²) in [6, 6.07) is 0.421. The van der Waals surface area contributed by atoms with E-state index in [4.69, 9.17) is 10.8 Å². The highest BCUT2D eigenvalue weighted by Gasteiger charge is 2.40. The first-order chi connectivity index (χ1) is 6.93. The van der Waals surface area contributed by atoms with Crippen molar-refractivity contribution in [2.45, 2.75) is 24.8 Å². The Morgan fingerprint density at radius 1 is 1.27 bits per heavy atom. The van der Waals surface area contributed by atoms with Gasteiger partial charge in [0.2, 0.25) is 0 Å². The zero-order valence-electron chi connectivity index (χ0n) is 7.86. The molecule has 0 bridgehead atoms. The van der Waals surface area contributed by atoms with Crippen LogP contribution in [0.1, 0.15) is 18.4 Å². The monoisotopic (exact) mass is 217 g/mol. The van der Waals surface area contributed by atoms with Crippen LogP contribution in [0.5, 0.6) is 5.75 Å². The SMILES string of the molecule is NC1(Cc2c(F)c(O)cc(F)c2F)CC1. The summed E-state index contributed by atoms with van der Waals surface area (Å²) in [4.78, 5) is 0. The summed E-state index contributed by atoms with van der Waals surface area (Å²) in [6.45, 7) is 0. The lowest BCUT2D eigenvalue weighted by atomic mass is 10.0. The van der Waals surface area contributed by atoms with Crippen molar-refractivity contribution in [1.82, 2.24) is 0 Å². The van der Waals surface area contributed by atoms with E-state index in [0.717, 1.165) is 0 Å². The van der Waals surface area contributed by atoms with Crippen molar-refractivity contribution in [1.29, 1.82) is 0 Å². The molecular formula is C10H10F3NO. The van der Waals surface area contributed by atoms with E-state index in [0.29, 0.717) is 18.9 Å². The second-order valence-electron chi connectivity index (χ2n) is 4.02. The van der Waals surface area contributed by atoms with Gasteiger partial charge in [-0.25, -0.2) is 13.2 Å². The number of hydrogen-bond donors (Lipinski definition) is 2. The van der Waals surface area contributed by atoms with E-state index >= 15 is 0 Å². The van der Waals surface area contributed by atoms with Crippen LogP contribution in [0, 0.1) is 17.5 Å². The predicted octanol–water partition coefficient (Wildman–Crippen LogP) is 1.84. The third-order valence-corrected chi connectivity index (χ3v) is 2.65. The molecule has 1 aliphatic carbocycles. The zero-order chi connectivity index (χ0) is 11.2. The topological polar surface area (TPSA) is 46.2 Å². The summed E-state index contributed by atoms with van der Waals surface area (Å²) in [6.07, 6.45) is 1.22. The molecule has 5 heteroatoms. The summed E-state index contributed by atoms with van der Waals surface area (Å²) in [5, 5.41) is 9.00. The van der Waals surface area contributed by atoms with Gasteiger partial charge in [0.25, 0.3) is 0 Å². The van der Waals surface area contributed by atoms with Gasteiger partial charge in [0, 0.05) is 17.2 Å². The molecule has 15 heavy (non-hydrogen) atoms. The summed E-state index contributed by atoms with van der Waals surface area (Å²) < 4.78 is 39.4. The molecule has 0 saturated heterocycles. The minimum absolute atomic E-state index is 0.0873. The van der Waals surface area contributed by atoms with Gasteiger partial charge in [0.1, 0.15) is 0 Å². The maximum absolute atomic E-state index is 13.3. The van der Waals surface area contributed by atoms with E-state index in [2.05, 4.69) is 0 Å². The molecule has 3 N–H and O–H groups in total. The van der Waals surface area contributed by atoms with Gasteiger partial charge in [-0.3, -0.25) is 0 Å². The van der Waals surface area contributed by atoms with E-state index in [1.54, 1.807) is 0 Å². The molecule has 1 aromatic rings. The second kappa shape index (κ2) is 3.13. The number of aromatic hydroxyl groups is 1. The van der Waals surface area contributed by atoms with Gasteiger partial charge >= 0.3 is 0 Å². The quantitative estimate of drug-likeness (QED) is 0.742. The van der Waals surface area contributed by atoms with Crippen LogP contribution in [0.3, 0.4) is 0 Å². The van der Waals surface area contributed by atoms with Crippen LogP contribution < -0.4 is 5.73 Å². The highest BCUT2D eigenvalue weighted by molar-refractivity contribution is 5.34. The minimum Gasteiger partial charge on any atom is -0.505 e. The number of nitrogens with two attached hydrogens (primary N) is 1. The van der Waals surface area contributed by atoms with E-state index in [1.165, 1.54) is 0 Å². The van der Waals surface area contributed by atoms with E-state index in [-0.39, 0.29) is 6.42 Å². The fourth-order valence-electron chi connectivity index (χ4n) is 1.49. The molecule has 0 atom stereocenters. The number of phenols is 1. The van der Waals surface area contributed by atoms with Gasteiger partial charge in [-0.15, -0.1) is 0 Å². The molecule has 0 radical (unpaired) electrons. The third kappa shape index (κ3) is 1.79. The molecule has 1 aromatic carbocycles. The zero-order valence-corrected chi connectivity index (χ0v) is 7.86. The Labute approximate surface area is 84.5 Å². The smallest absolute Gasteiger partial charge is 0.171 e. The van der Waals surface area contributed by atoms with Crippen molar-refractivity contribution >= 4 is 0 Å². The molecule has 1 saturated carbocycles. The Balaban J connectivity index is 2.44. The molecule has 1 aliphatic rings. The van der Waals surface area contributed by atoms with Crippen LogP contribution >= 0.6 is 0 Å². The molecule has 2 nitrogen and oxygen atoms in total. The van der Waals surface area contributed by atoms with E-state index in [9.17, 15) is 13.2 Å². The Morgan fingerprint density at radius 3 is 2.40 bits per heavy atom. The van der Waals surface area contributed by atoms with Crippen molar-refractivity contribution in [3.63, 3.8) is 0 Å². The number of halogens is 3. The lowest BCUT2D eigenvalue weighted by Crippen LogP contribution is -2.26. The number of hydrogen-bond acceptors (Lipinski definition) is 2. The lowest BCUT2D eigenvalue weighted by molar-refractivity contribution is 0.401. The van der Waals surface area contributed by atoms with Crippen molar-refractivity contribution in [3.05, 3.63) is 29.1 Å². The largest absolute Gasteiger partial charge is 0.505 e. The van der Waals surface area contributed by atoms with Crippen molar-refractivity contribution in [2.24, 2.45) is 5.73 Å². The van der Waals surface area contributed by atoms with Gasteiger partial charge in [-0.05, 0) is 19.3 Å². The van der Waals surface area contributed by atoms with Crippen LogP contribution in [0.4, 0.5) is 13.2 Å². The van der Waals surface area contributed by atoms with Gasteiger partial charge in [0.15, 0.2) is 23.2 Å². The minimum atomic E-state index is -1.26. The van der Waals surface area contributed by atoms with Gasteiger partial charge in [-0.1, -0.05) is 0 Å². The Bertz CT molecular complexity index is 389. The molecule has 0 heterocycles. The molecular weight excluding hydrogens is 207 g/mol. The van der Waals surface area contributed by atoms with Crippen molar-refractivity contribution < 1.29 is 18.3 Å². The normalized spacial score (nSPS) is 17.9. The maximum Gasteiger partial charge on any atom is 0.171 e. The Hall–Kier alpha value is -1.23. The molecule has 1 fully saturated rings. The van der Waals surface area contributed by atoms with Crippen LogP contribution in [0.15, 0.2) is 6.07 Å². The molecule has 0 amide bonds. The molecule has 0 unspecified atom stereocenters. The highest BCUT2D eigenvalue weighted by atomic mass is 19.2. The summed E-state index contributed by atoms with van der Waals surface area (Å²) in [5.74, 6) is -4.52. The number of phenolic OH excluding ortho intramolecular Hbond substituents is 1. The molecule has 0 aromatic heterocycles. The van der Waals surface area contributed by atoms with Crippen LogP contribution in [-0.4, -0.2) is 10.6 Å². The second-order valence-corrected chi connectivity index (χ2v) is 4.02. The molecule has 0 spiro atoms. The average Bonchev–Trinajstić information content (AvgIpc) is 2.89. The van der Waals surface area contributed by atoms with Crippen molar-refractivity contribution in [2.75, 3.05) is 0 Å². The Morgan fingerprint density at radius 2 is 1.87 bits per heavy atom. The predicted molar refractivity (Wildman–Crippen MR) is 47.8 cm³/mol. The van der Waals surface area contributed by atoms with E-state index in [1.807, 2.05) is 0 Å². The van der Waals surface area contributed by atoms with Gasteiger partial charge in [0.05, 0.1) is 0 Å². The van der Waals surface area contributed by atoms with Crippen LogP contribution in [0.25, 0.3) is 0 Å². The fourth-order valence-corrected chi connectivity index (χ4v) is 1.49.